The Morgan fingerprint density at radius 1 is 1.44 bits per heavy atom. The van der Waals surface area contributed by atoms with Crippen molar-refractivity contribution in [2.45, 2.75) is 25.9 Å². The lowest BCUT2D eigenvalue weighted by atomic mass is 10.1. The van der Waals surface area contributed by atoms with Gasteiger partial charge < -0.3 is 10.0 Å². The summed E-state index contributed by atoms with van der Waals surface area (Å²) in [6, 6.07) is 0. The van der Waals surface area contributed by atoms with Gasteiger partial charge in [-0.05, 0) is 19.8 Å². The van der Waals surface area contributed by atoms with Crippen LogP contribution in [0.4, 0.5) is 0 Å². The summed E-state index contributed by atoms with van der Waals surface area (Å²) in [7, 11) is 0. The van der Waals surface area contributed by atoms with Gasteiger partial charge in [-0.2, -0.15) is 0 Å². The molecule has 0 radical (unpaired) electrons. The van der Waals surface area contributed by atoms with Crippen molar-refractivity contribution in [3.63, 3.8) is 0 Å². The third-order valence-corrected chi connectivity index (χ3v) is 4.15. The lowest BCUT2D eigenvalue weighted by Gasteiger charge is -2.28. The van der Waals surface area contributed by atoms with Gasteiger partial charge in [0.1, 0.15) is 5.69 Å². The standard InChI is InChI=1S/C12H15N3O2S/c1-8-6-15-7-10(13-12(15)18-8)11(17)14-4-2-9(16)3-5-14/h6-7,9,16H,2-5H2,1H3. The number of aliphatic hydroxyl groups is 1. The lowest BCUT2D eigenvalue weighted by molar-refractivity contribution is 0.0542. The molecular weight excluding hydrogens is 250 g/mol. The average molecular weight is 265 g/mol. The van der Waals surface area contributed by atoms with Crippen LogP contribution in [0, 0.1) is 6.92 Å². The fraction of sp³-hybridized carbons (Fsp3) is 0.500. The Bertz CT molecular complexity index is 550. The maximum Gasteiger partial charge on any atom is 0.274 e. The van der Waals surface area contributed by atoms with Crippen LogP contribution >= 0.6 is 11.3 Å². The number of nitrogens with zero attached hydrogens (tertiary/aromatic N) is 3. The summed E-state index contributed by atoms with van der Waals surface area (Å²) in [4.78, 5) is 20.4. The molecule has 0 bridgehead atoms. The maximum absolute atomic E-state index is 12.2. The molecule has 0 spiro atoms. The third-order valence-electron chi connectivity index (χ3n) is 3.24. The van der Waals surface area contributed by atoms with E-state index in [1.165, 1.54) is 4.88 Å². The number of rotatable bonds is 1. The highest BCUT2D eigenvalue weighted by molar-refractivity contribution is 7.17. The Balaban J connectivity index is 1.81. The first-order valence-corrected chi connectivity index (χ1v) is 6.87. The first kappa shape index (κ1) is 11.7. The second-order valence-electron chi connectivity index (χ2n) is 4.68. The van der Waals surface area contributed by atoms with Crippen molar-refractivity contribution in [3.05, 3.63) is 23.0 Å². The molecule has 1 aliphatic heterocycles. The van der Waals surface area contributed by atoms with Crippen LogP contribution in [0.25, 0.3) is 4.96 Å². The fourth-order valence-electron chi connectivity index (χ4n) is 2.24. The number of amides is 1. The number of carbonyl (C=O) groups is 1. The minimum Gasteiger partial charge on any atom is -0.393 e. The summed E-state index contributed by atoms with van der Waals surface area (Å²) < 4.78 is 1.89. The van der Waals surface area contributed by atoms with E-state index in [-0.39, 0.29) is 12.0 Å². The number of carbonyl (C=O) groups excluding carboxylic acids is 1. The number of imidazole rings is 1. The van der Waals surface area contributed by atoms with E-state index in [1.54, 1.807) is 22.4 Å². The second-order valence-corrected chi connectivity index (χ2v) is 5.89. The number of likely N-dealkylation sites (tertiary alicyclic amines) is 1. The van der Waals surface area contributed by atoms with Crippen molar-refractivity contribution in [2.75, 3.05) is 13.1 Å². The monoisotopic (exact) mass is 265 g/mol. The number of hydrogen-bond acceptors (Lipinski definition) is 4. The minimum atomic E-state index is -0.262. The Morgan fingerprint density at radius 3 is 2.83 bits per heavy atom. The van der Waals surface area contributed by atoms with E-state index < -0.39 is 0 Å². The quantitative estimate of drug-likeness (QED) is 0.845. The first-order valence-electron chi connectivity index (χ1n) is 6.06. The molecule has 0 unspecified atom stereocenters. The van der Waals surface area contributed by atoms with Crippen molar-refractivity contribution in [3.8, 4) is 0 Å². The average Bonchev–Trinajstić information content (AvgIpc) is 2.86. The van der Waals surface area contributed by atoms with Crippen LogP contribution in [-0.4, -0.2) is 44.5 Å². The summed E-state index contributed by atoms with van der Waals surface area (Å²) in [5, 5.41) is 9.44. The van der Waals surface area contributed by atoms with E-state index in [1.807, 2.05) is 17.5 Å². The van der Waals surface area contributed by atoms with E-state index in [0.717, 1.165) is 4.96 Å². The molecule has 0 aromatic carbocycles. The molecule has 1 N–H and O–H groups in total. The number of fused-ring (bicyclic) bond motifs is 1. The van der Waals surface area contributed by atoms with E-state index in [0.29, 0.717) is 31.6 Å². The van der Waals surface area contributed by atoms with Gasteiger partial charge in [-0.25, -0.2) is 4.98 Å². The van der Waals surface area contributed by atoms with Crippen molar-refractivity contribution >= 4 is 22.2 Å². The van der Waals surface area contributed by atoms with Crippen LogP contribution in [0.2, 0.25) is 0 Å². The predicted octanol–water partition coefficient (Wildman–Crippen LogP) is 1.30. The summed E-state index contributed by atoms with van der Waals surface area (Å²) in [6.45, 7) is 3.25. The zero-order valence-corrected chi connectivity index (χ0v) is 11.0. The molecule has 0 aliphatic carbocycles. The van der Waals surface area contributed by atoms with Gasteiger partial charge in [-0.15, -0.1) is 11.3 Å². The van der Waals surface area contributed by atoms with Gasteiger partial charge in [0.25, 0.3) is 5.91 Å². The fourth-order valence-corrected chi connectivity index (χ4v) is 3.05. The van der Waals surface area contributed by atoms with Gasteiger partial charge in [-0.1, -0.05) is 0 Å². The Kier molecular flexibility index (Phi) is 2.83. The smallest absolute Gasteiger partial charge is 0.274 e. The normalized spacial score (nSPS) is 17.6. The van der Waals surface area contributed by atoms with E-state index in [2.05, 4.69) is 4.98 Å². The molecule has 18 heavy (non-hydrogen) atoms. The van der Waals surface area contributed by atoms with Gasteiger partial charge in [-0.3, -0.25) is 9.20 Å². The molecule has 1 amide bonds. The molecule has 1 saturated heterocycles. The Hall–Kier alpha value is -1.40. The molecule has 1 aliphatic rings. The van der Waals surface area contributed by atoms with Gasteiger partial charge >= 0.3 is 0 Å². The topological polar surface area (TPSA) is 57.8 Å². The Labute approximate surface area is 109 Å². The highest BCUT2D eigenvalue weighted by Gasteiger charge is 2.24. The lowest BCUT2D eigenvalue weighted by Crippen LogP contribution is -2.40. The summed E-state index contributed by atoms with van der Waals surface area (Å²) in [5.41, 5.74) is 0.498. The molecule has 96 valence electrons. The number of aromatic nitrogens is 2. The van der Waals surface area contributed by atoms with Crippen molar-refractivity contribution < 1.29 is 9.90 Å². The van der Waals surface area contributed by atoms with Crippen LogP contribution in [0.3, 0.4) is 0 Å². The summed E-state index contributed by atoms with van der Waals surface area (Å²) in [6.07, 6.45) is 4.82. The molecule has 0 saturated carbocycles. The Morgan fingerprint density at radius 2 is 2.17 bits per heavy atom. The number of aliphatic hydroxyl groups excluding tert-OH is 1. The third kappa shape index (κ3) is 2.02. The number of aryl methyl sites for hydroxylation is 1. The maximum atomic E-state index is 12.2. The molecule has 6 heteroatoms. The van der Waals surface area contributed by atoms with Crippen LogP contribution in [0.15, 0.2) is 12.4 Å². The molecular formula is C12H15N3O2S. The van der Waals surface area contributed by atoms with E-state index >= 15 is 0 Å². The summed E-state index contributed by atoms with van der Waals surface area (Å²) in [5.74, 6) is -0.0320. The van der Waals surface area contributed by atoms with Crippen LogP contribution in [-0.2, 0) is 0 Å². The van der Waals surface area contributed by atoms with Crippen molar-refractivity contribution in [2.24, 2.45) is 0 Å². The largest absolute Gasteiger partial charge is 0.393 e. The molecule has 0 atom stereocenters. The van der Waals surface area contributed by atoms with Crippen molar-refractivity contribution in [1.29, 1.82) is 0 Å². The van der Waals surface area contributed by atoms with Crippen molar-refractivity contribution in [1.82, 2.24) is 14.3 Å². The predicted molar refractivity (Wildman–Crippen MR) is 69.0 cm³/mol. The first-order chi connectivity index (χ1) is 8.63. The molecule has 2 aromatic rings. The van der Waals surface area contributed by atoms with Crippen LogP contribution < -0.4 is 0 Å². The van der Waals surface area contributed by atoms with Gasteiger partial charge in [0.2, 0.25) is 0 Å². The number of piperidine rings is 1. The zero-order chi connectivity index (χ0) is 12.7. The highest BCUT2D eigenvalue weighted by Crippen LogP contribution is 2.19. The van der Waals surface area contributed by atoms with E-state index in [4.69, 9.17) is 0 Å². The number of hydrogen-bond donors (Lipinski definition) is 1. The van der Waals surface area contributed by atoms with Gasteiger partial charge in [0.15, 0.2) is 4.96 Å². The zero-order valence-electron chi connectivity index (χ0n) is 10.2. The molecule has 5 nitrogen and oxygen atoms in total. The minimum absolute atomic E-state index is 0.0320. The molecule has 2 aromatic heterocycles. The molecule has 3 heterocycles. The van der Waals surface area contributed by atoms with Gasteiger partial charge in [0.05, 0.1) is 6.10 Å². The molecule has 1 fully saturated rings. The SMILES string of the molecule is Cc1cn2cc(C(=O)N3CCC(O)CC3)nc2s1. The number of thiazole rings is 1. The van der Waals surface area contributed by atoms with Crippen LogP contribution in [0.1, 0.15) is 28.2 Å². The van der Waals surface area contributed by atoms with E-state index in [9.17, 15) is 9.90 Å². The van der Waals surface area contributed by atoms with Crippen LogP contribution in [0.5, 0.6) is 0 Å². The molecule has 3 rings (SSSR count). The van der Waals surface area contributed by atoms with Gasteiger partial charge in [0, 0.05) is 30.4 Å². The summed E-state index contributed by atoms with van der Waals surface area (Å²) >= 11 is 1.58. The second kappa shape index (κ2) is 4.37. The highest BCUT2D eigenvalue weighted by atomic mass is 32.1.